The summed E-state index contributed by atoms with van der Waals surface area (Å²) in [6, 6.07) is 6.69. The van der Waals surface area contributed by atoms with Gasteiger partial charge in [0.2, 0.25) is 11.8 Å². The molecule has 2 atom stereocenters. The third kappa shape index (κ3) is 2.69. The lowest BCUT2D eigenvalue weighted by atomic mass is 9.64. The van der Waals surface area contributed by atoms with Crippen LogP contribution >= 0.6 is 0 Å². The van der Waals surface area contributed by atoms with Crippen molar-refractivity contribution in [3.8, 4) is 0 Å². The number of benzene rings is 1. The van der Waals surface area contributed by atoms with Gasteiger partial charge in [-0.1, -0.05) is 30.9 Å². The fourth-order valence-corrected chi connectivity index (χ4v) is 3.73. The lowest BCUT2D eigenvalue weighted by Crippen LogP contribution is -2.55. The molecule has 1 spiro atoms. The van der Waals surface area contributed by atoms with Crippen LogP contribution in [0, 0.1) is 11.3 Å². The molecule has 2 unspecified atom stereocenters. The maximum Gasteiger partial charge on any atom is 0.339 e. The summed E-state index contributed by atoms with van der Waals surface area (Å²) in [4.78, 5) is 39.0. The van der Waals surface area contributed by atoms with Crippen molar-refractivity contribution in [3.63, 3.8) is 0 Å². The number of carbonyl (C=O) groups excluding carboxylic acids is 3. The number of carbonyl (C=O) groups is 3. The zero-order valence-electron chi connectivity index (χ0n) is 15.5. The van der Waals surface area contributed by atoms with Crippen molar-refractivity contribution in [2.24, 2.45) is 5.92 Å². The molecule has 28 heavy (non-hydrogen) atoms. The Morgan fingerprint density at radius 3 is 2.75 bits per heavy atom. The topological polar surface area (TPSA) is 115 Å². The van der Waals surface area contributed by atoms with Gasteiger partial charge in [0.1, 0.15) is 17.8 Å². The number of allylic oxidation sites excluding steroid dienone is 1. The molecule has 0 radical (unpaired) electrons. The molecule has 0 fully saturated rings. The Morgan fingerprint density at radius 1 is 1.36 bits per heavy atom. The second-order valence-corrected chi connectivity index (χ2v) is 6.28. The van der Waals surface area contributed by atoms with E-state index in [2.05, 4.69) is 11.9 Å². The van der Waals surface area contributed by atoms with Gasteiger partial charge in [-0.2, -0.15) is 0 Å². The van der Waals surface area contributed by atoms with Gasteiger partial charge in [0.05, 0.1) is 12.2 Å². The number of fused-ring (bicyclic) bond motifs is 2. The minimum absolute atomic E-state index is 0.0199. The molecule has 1 amide bonds. The number of hydrogen-bond acceptors (Lipinski definition) is 7. The molecule has 0 bridgehead atoms. The van der Waals surface area contributed by atoms with E-state index in [1.807, 2.05) is 0 Å². The lowest BCUT2D eigenvalue weighted by Gasteiger charge is -2.39. The molecule has 2 aliphatic rings. The van der Waals surface area contributed by atoms with E-state index in [9.17, 15) is 14.4 Å². The largest absolute Gasteiger partial charge is 0.465 e. The Hall–Kier alpha value is -3.42. The van der Waals surface area contributed by atoms with Gasteiger partial charge >= 0.3 is 11.9 Å². The molecule has 0 saturated heterocycles. The molecule has 146 valence electrons. The van der Waals surface area contributed by atoms with Crippen LogP contribution < -0.4 is 5.32 Å². The van der Waals surface area contributed by atoms with Gasteiger partial charge in [-0.05, 0) is 25.5 Å². The first-order valence-electron chi connectivity index (χ1n) is 8.72. The van der Waals surface area contributed by atoms with Crippen LogP contribution in [0.15, 0.2) is 48.3 Å². The number of rotatable bonds is 5. The third-order valence-electron chi connectivity index (χ3n) is 4.72. The molecular weight excluding hydrogens is 364 g/mol. The molecule has 3 rings (SSSR count). The Balaban J connectivity index is 2.31. The average molecular weight is 384 g/mol. The monoisotopic (exact) mass is 384 g/mol. The van der Waals surface area contributed by atoms with Crippen molar-refractivity contribution in [1.82, 2.24) is 0 Å². The maximum atomic E-state index is 13.3. The van der Waals surface area contributed by atoms with Gasteiger partial charge < -0.3 is 19.5 Å². The number of ether oxygens (including phenoxy) is 3. The molecule has 0 aliphatic carbocycles. The fourth-order valence-electron chi connectivity index (χ4n) is 3.73. The van der Waals surface area contributed by atoms with Crippen LogP contribution in [0.5, 0.6) is 0 Å². The average Bonchev–Trinajstić information content (AvgIpc) is 2.92. The van der Waals surface area contributed by atoms with Gasteiger partial charge in [-0.15, -0.1) is 0 Å². The van der Waals surface area contributed by atoms with Gasteiger partial charge in [-0.3, -0.25) is 15.0 Å². The van der Waals surface area contributed by atoms with Crippen LogP contribution in [0.4, 0.5) is 5.69 Å². The highest BCUT2D eigenvalue weighted by Gasteiger charge is 2.65. The van der Waals surface area contributed by atoms with Crippen molar-refractivity contribution in [3.05, 3.63) is 53.8 Å². The molecule has 0 saturated carbocycles. The summed E-state index contributed by atoms with van der Waals surface area (Å²) in [6.45, 7) is 6.53. The van der Waals surface area contributed by atoms with E-state index in [1.165, 1.54) is 13.0 Å². The molecule has 2 heterocycles. The highest BCUT2D eigenvalue weighted by molar-refractivity contribution is 6.21. The number of anilines is 1. The molecule has 8 nitrogen and oxygen atoms in total. The maximum absolute atomic E-state index is 13.3. The number of esters is 2. The van der Waals surface area contributed by atoms with Crippen LogP contribution in [0.2, 0.25) is 0 Å². The first-order valence-corrected chi connectivity index (χ1v) is 8.72. The molecule has 1 aromatic carbocycles. The highest BCUT2D eigenvalue weighted by Crippen LogP contribution is 2.52. The molecule has 0 aromatic heterocycles. The summed E-state index contributed by atoms with van der Waals surface area (Å²) in [5.41, 5.74) is -1.12. The van der Waals surface area contributed by atoms with Crippen molar-refractivity contribution >= 4 is 29.4 Å². The van der Waals surface area contributed by atoms with Crippen molar-refractivity contribution in [1.29, 1.82) is 5.41 Å². The molecule has 2 aliphatic heterocycles. The zero-order chi connectivity index (χ0) is 20.5. The van der Waals surface area contributed by atoms with Gasteiger partial charge in [-0.25, -0.2) is 4.79 Å². The van der Waals surface area contributed by atoms with E-state index in [0.29, 0.717) is 11.3 Å². The summed E-state index contributed by atoms with van der Waals surface area (Å²) in [5, 5.41) is 11.0. The van der Waals surface area contributed by atoms with Gasteiger partial charge in [0.15, 0.2) is 5.92 Å². The predicted octanol–water partition coefficient (Wildman–Crippen LogP) is 2.07. The van der Waals surface area contributed by atoms with Gasteiger partial charge in [0, 0.05) is 5.69 Å². The normalized spacial score (nSPS) is 23.0. The van der Waals surface area contributed by atoms with Crippen LogP contribution in [-0.4, -0.2) is 37.0 Å². The second-order valence-electron chi connectivity index (χ2n) is 6.28. The quantitative estimate of drug-likeness (QED) is 0.593. The summed E-state index contributed by atoms with van der Waals surface area (Å²) >= 11 is 0. The smallest absolute Gasteiger partial charge is 0.339 e. The number of para-hydroxylation sites is 1. The fraction of sp³-hybridized carbons (Fsp3) is 0.300. The van der Waals surface area contributed by atoms with Crippen molar-refractivity contribution in [2.45, 2.75) is 19.3 Å². The van der Waals surface area contributed by atoms with Crippen LogP contribution in [0.25, 0.3) is 0 Å². The Labute approximate surface area is 161 Å². The number of amides is 1. The van der Waals surface area contributed by atoms with E-state index in [1.54, 1.807) is 31.2 Å². The Morgan fingerprint density at radius 2 is 2.07 bits per heavy atom. The van der Waals surface area contributed by atoms with E-state index in [0.717, 1.165) is 0 Å². The zero-order valence-corrected chi connectivity index (χ0v) is 15.5. The molecule has 2 N–H and O–H groups in total. The molecular formula is C20H20N2O6. The highest BCUT2D eigenvalue weighted by atomic mass is 16.5. The predicted molar refractivity (Wildman–Crippen MR) is 99.5 cm³/mol. The van der Waals surface area contributed by atoms with Crippen molar-refractivity contribution < 1.29 is 28.6 Å². The van der Waals surface area contributed by atoms with E-state index in [-0.39, 0.29) is 24.5 Å². The van der Waals surface area contributed by atoms with Gasteiger partial charge in [0.25, 0.3) is 0 Å². The van der Waals surface area contributed by atoms with E-state index >= 15 is 0 Å². The SMILES string of the molecule is C=CCOC(=O)C1=C(C)OC(=N)C(C(=O)OCC)C12C(=O)Nc1ccccc12. The van der Waals surface area contributed by atoms with Crippen molar-refractivity contribution in [2.75, 3.05) is 18.5 Å². The standard InChI is InChI=1S/C20H20N2O6/c1-4-10-27-17(23)14-11(3)28-16(21)15(18(24)26-5-2)20(14)12-8-6-7-9-13(12)22-19(20)25/h4,6-9,15,21H,1,5,10H2,2-3H3,(H,22,25). The van der Waals surface area contributed by atoms with Crippen LogP contribution in [0.1, 0.15) is 19.4 Å². The summed E-state index contributed by atoms with van der Waals surface area (Å²) in [5.74, 6) is -4.20. The Bertz CT molecular complexity index is 919. The minimum atomic E-state index is -1.82. The number of hydrogen-bond donors (Lipinski definition) is 2. The summed E-state index contributed by atoms with van der Waals surface area (Å²) < 4.78 is 15.7. The minimum Gasteiger partial charge on any atom is -0.465 e. The van der Waals surface area contributed by atoms with Crippen LogP contribution in [-0.2, 0) is 34.0 Å². The number of nitrogens with one attached hydrogen (secondary N) is 2. The Kier molecular flexibility index (Phi) is 5.04. The first kappa shape index (κ1) is 19.3. The summed E-state index contributed by atoms with van der Waals surface area (Å²) in [6.07, 6.45) is 1.39. The lowest BCUT2D eigenvalue weighted by molar-refractivity contribution is -0.151. The van der Waals surface area contributed by atoms with E-state index < -0.39 is 35.1 Å². The molecule has 8 heteroatoms. The van der Waals surface area contributed by atoms with E-state index in [4.69, 9.17) is 19.6 Å². The second kappa shape index (κ2) is 7.30. The third-order valence-corrected chi connectivity index (χ3v) is 4.72. The van der Waals surface area contributed by atoms with Crippen LogP contribution in [0.3, 0.4) is 0 Å². The first-order chi connectivity index (χ1) is 13.4. The summed E-state index contributed by atoms with van der Waals surface area (Å²) in [7, 11) is 0. The molecule has 1 aromatic rings.